The van der Waals surface area contributed by atoms with Crippen LogP contribution < -0.4 is 0 Å². The summed E-state index contributed by atoms with van der Waals surface area (Å²) in [6.07, 6.45) is 3.72. The fourth-order valence-electron chi connectivity index (χ4n) is 1.57. The van der Waals surface area contributed by atoms with Crippen molar-refractivity contribution < 1.29 is 4.79 Å². The van der Waals surface area contributed by atoms with Crippen LogP contribution in [-0.4, -0.2) is 10.8 Å². The molecule has 0 bridgehead atoms. The molecule has 1 unspecified atom stereocenters. The molecule has 2 heteroatoms. The minimum absolute atomic E-state index is 0.114. The standard InChI is InChI=1S/C12H17NO/c1-4-6-9(2)12(14)11-7-5-8-13-10(11)3/h5,7-9H,4,6H2,1-3H3. The molecule has 76 valence electrons. The number of hydrogen-bond acceptors (Lipinski definition) is 2. The van der Waals surface area contributed by atoms with E-state index in [0.29, 0.717) is 0 Å². The molecule has 1 heterocycles. The maximum absolute atomic E-state index is 11.9. The summed E-state index contributed by atoms with van der Waals surface area (Å²) in [6, 6.07) is 3.68. The van der Waals surface area contributed by atoms with Crippen LogP contribution in [0.15, 0.2) is 18.3 Å². The molecule has 0 aliphatic heterocycles. The van der Waals surface area contributed by atoms with Gasteiger partial charge in [-0.25, -0.2) is 0 Å². The zero-order valence-corrected chi connectivity index (χ0v) is 9.08. The van der Waals surface area contributed by atoms with E-state index < -0.39 is 0 Å². The van der Waals surface area contributed by atoms with Gasteiger partial charge < -0.3 is 0 Å². The molecule has 0 aromatic carbocycles. The van der Waals surface area contributed by atoms with Crippen LogP contribution >= 0.6 is 0 Å². The van der Waals surface area contributed by atoms with E-state index in [-0.39, 0.29) is 11.7 Å². The minimum Gasteiger partial charge on any atom is -0.294 e. The average molecular weight is 191 g/mol. The maximum atomic E-state index is 11.9. The first-order chi connectivity index (χ1) is 6.66. The van der Waals surface area contributed by atoms with Crippen molar-refractivity contribution in [3.05, 3.63) is 29.6 Å². The molecule has 1 aromatic rings. The predicted octanol–water partition coefficient (Wildman–Crippen LogP) is 3.01. The zero-order chi connectivity index (χ0) is 10.6. The molecule has 0 amide bonds. The Morgan fingerprint density at radius 2 is 2.29 bits per heavy atom. The van der Waals surface area contributed by atoms with E-state index in [9.17, 15) is 4.79 Å². The SMILES string of the molecule is CCCC(C)C(=O)c1cccnc1C. The normalized spacial score (nSPS) is 12.5. The number of aromatic nitrogens is 1. The van der Waals surface area contributed by atoms with Crippen molar-refractivity contribution in [1.82, 2.24) is 4.98 Å². The van der Waals surface area contributed by atoms with Gasteiger partial charge in [0, 0.05) is 23.4 Å². The number of ketones is 1. The first kappa shape index (κ1) is 10.9. The summed E-state index contributed by atoms with van der Waals surface area (Å²) in [5, 5.41) is 0. The molecule has 1 aromatic heterocycles. The average Bonchev–Trinajstić information content (AvgIpc) is 2.18. The van der Waals surface area contributed by atoms with Crippen molar-refractivity contribution in [3.63, 3.8) is 0 Å². The van der Waals surface area contributed by atoms with Gasteiger partial charge in [-0.2, -0.15) is 0 Å². The quantitative estimate of drug-likeness (QED) is 0.685. The van der Waals surface area contributed by atoms with Crippen molar-refractivity contribution in [2.75, 3.05) is 0 Å². The van der Waals surface area contributed by atoms with Crippen molar-refractivity contribution >= 4 is 5.78 Å². The Kier molecular flexibility index (Phi) is 3.81. The number of nitrogens with zero attached hydrogens (tertiary/aromatic N) is 1. The lowest BCUT2D eigenvalue weighted by atomic mass is 9.95. The molecule has 0 saturated heterocycles. The van der Waals surface area contributed by atoms with Crippen molar-refractivity contribution in [2.24, 2.45) is 5.92 Å². The summed E-state index contributed by atoms with van der Waals surface area (Å²) in [7, 11) is 0. The Balaban J connectivity index is 2.84. The van der Waals surface area contributed by atoms with Gasteiger partial charge >= 0.3 is 0 Å². The highest BCUT2D eigenvalue weighted by Crippen LogP contribution is 2.15. The van der Waals surface area contributed by atoms with Crippen LogP contribution in [0.3, 0.4) is 0 Å². The molecule has 0 fully saturated rings. The minimum atomic E-state index is 0.114. The molecule has 0 N–H and O–H groups in total. The molecular weight excluding hydrogens is 174 g/mol. The number of rotatable bonds is 4. The Morgan fingerprint density at radius 3 is 2.86 bits per heavy atom. The summed E-state index contributed by atoms with van der Waals surface area (Å²) < 4.78 is 0. The van der Waals surface area contributed by atoms with Gasteiger partial charge in [-0.05, 0) is 25.5 Å². The number of carbonyl (C=O) groups excluding carboxylic acids is 1. The van der Waals surface area contributed by atoms with Crippen LogP contribution in [-0.2, 0) is 0 Å². The Bertz CT molecular complexity index is 320. The Hall–Kier alpha value is -1.18. The van der Waals surface area contributed by atoms with Gasteiger partial charge in [0.05, 0.1) is 0 Å². The first-order valence-electron chi connectivity index (χ1n) is 5.12. The maximum Gasteiger partial charge on any atom is 0.167 e. The summed E-state index contributed by atoms with van der Waals surface area (Å²) in [6.45, 7) is 5.96. The summed E-state index contributed by atoms with van der Waals surface area (Å²) in [5.41, 5.74) is 1.61. The Morgan fingerprint density at radius 1 is 1.57 bits per heavy atom. The van der Waals surface area contributed by atoms with Gasteiger partial charge in [-0.15, -0.1) is 0 Å². The largest absolute Gasteiger partial charge is 0.294 e. The molecule has 14 heavy (non-hydrogen) atoms. The summed E-state index contributed by atoms with van der Waals surface area (Å²) in [5.74, 6) is 0.334. The van der Waals surface area contributed by atoms with E-state index in [2.05, 4.69) is 11.9 Å². The number of aryl methyl sites for hydroxylation is 1. The van der Waals surface area contributed by atoms with Crippen molar-refractivity contribution in [2.45, 2.75) is 33.6 Å². The van der Waals surface area contributed by atoms with Crippen LogP contribution in [0.5, 0.6) is 0 Å². The summed E-state index contributed by atoms with van der Waals surface area (Å²) >= 11 is 0. The van der Waals surface area contributed by atoms with Gasteiger partial charge in [0.25, 0.3) is 0 Å². The topological polar surface area (TPSA) is 30.0 Å². The lowest BCUT2D eigenvalue weighted by molar-refractivity contribution is 0.0922. The molecular formula is C12H17NO. The Labute approximate surface area is 85.4 Å². The van der Waals surface area contributed by atoms with Crippen molar-refractivity contribution in [1.29, 1.82) is 0 Å². The highest BCUT2D eigenvalue weighted by Gasteiger charge is 2.15. The van der Waals surface area contributed by atoms with Gasteiger partial charge in [0.2, 0.25) is 0 Å². The molecule has 0 aliphatic carbocycles. The first-order valence-corrected chi connectivity index (χ1v) is 5.12. The number of Topliss-reactive ketones (excluding diaryl/α,β-unsaturated/α-hetero) is 1. The molecule has 1 atom stereocenters. The third-order valence-corrected chi connectivity index (χ3v) is 2.44. The molecule has 0 aliphatic rings. The fourth-order valence-corrected chi connectivity index (χ4v) is 1.57. The van der Waals surface area contributed by atoms with E-state index in [1.54, 1.807) is 6.20 Å². The third-order valence-electron chi connectivity index (χ3n) is 2.44. The summed E-state index contributed by atoms with van der Waals surface area (Å²) in [4.78, 5) is 16.0. The molecule has 2 nitrogen and oxygen atoms in total. The highest BCUT2D eigenvalue weighted by atomic mass is 16.1. The van der Waals surface area contributed by atoms with E-state index in [1.165, 1.54) is 0 Å². The molecule has 0 spiro atoms. The monoisotopic (exact) mass is 191 g/mol. The smallest absolute Gasteiger partial charge is 0.167 e. The van der Waals surface area contributed by atoms with Gasteiger partial charge in [0.1, 0.15) is 0 Å². The second-order valence-electron chi connectivity index (χ2n) is 3.69. The van der Waals surface area contributed by atoms with E-state index in [0.717, 1.165) is 24.1 Å². The van der Waals surface area contributed by atoms with E-state index in [1.807, 2.05) is 26.0 Å². The lowest BCUT2D eigenvalue weighted by Crippen LogP contribution is -2.12. The molecule has 1 rings (SSSR count). The van der Waals surface area contributed by atoms with Crippen molar-refractivity contribution in [3.8, 4) is 0 Å². The lowest BCUT2D eigenvalue weighted by Gasteiger charge is -2.09. The number of hydrogen-bond donors (Lipinski definition) is 0. The van der Waals surface area contributed by atoms with Crippen LogP contribution in [0.2, 0.25) is 0 Å². The fraction of sp³-hybridized carbons (Fsp3) is 0.500. The second-order valence-corrected chi connectivity index (χ2v) is 3.69. The molecule has 0 saturated carbocycles. The second kappa shape index (κ2) is 4.89. The van der Waals surface area contributed by atoms with Crippen LogP contribution in [0.25, 0.3) is 0 Å². The van der Waals surface area contributed by atoms with Gasteiger partial charge in [-0.3, -0.25) is 9.78 Å². The van der Waals surface area contributed by atoms with Gasteiger partial charge in [0.15, 0.2) is 5.78 Å². The predicted molar refractivity (Wildman–Crippen MR) is 57.4 cm³/mol. The van der Waals surface area contributed by atoms with Crippen LogP contribution in [0, 0.1) is 12.8 Å². The van der Waals surface area contributed by atoms with Gasteiger partial charge in [-0.1, -0.05) is 20.3 Å². The highest BCUT2D eigenvalue weighted by molar-refractivity contribution is 5.98. The number of carbonyl (C=O) groups is 1. The molecule has 0 radical (unpaired) electrons. The third kappa shape index (κ3) is 2.41. The zero-order valence-electron chi connectivity index (χ0n) is 9.08. The van der Waals surface area contributed by atoms with E-state index in [4.69, 9.17) is 0 Å². The van der Waals surface area contributed by atoms with Crippen LogP contribution in [0.4, 0.5) is 0 Å². The van der Waals surface area contributed by atoms with Crippen LogP contribution in [0.1, 0.15) is 42.7 Å². The van der Waals surface area contributed by atoms with E-state index >= 15 is 0 Å². The number of pyridine rings is 1.